The number of likely N-dealkylation sites (tertiary alicyclic amines) is 1. The molecule has 6 nitrogen and oxygen atoms in total. The topological polar surface area (TPSA) is 85.2 Å². The Kier molecular flexibility index (Phi) is 5.91. The minimum atomic E-state index is -0.362. The second kappa shape index (κ2) is 7.75. The first kappa shape index (κ1) is 19.1. The van der Waals surface area contributed by atoms with Crippen LogP contribution in [0, 0.1) is 16.7 Å². The molecule has 0 spiro atoms. The highest BCUT2D eigenvalue weighted by Gasteiger charge is 2.31. The number of piperidine rings is 1. The van der Waals surface area contributed by atoms with Crippen LogP contribution < -0.4 is 10.6 Å². The molecule has 7 heteroatoms. The summed E-state index contributed by atoms with van der Waals surface area (Å²) in [5.74, 6) is -0.279. The average molecular weight is 363 g/mol. The number of anilines is 1. The van der Waals surface area contributed by atoms with Gasteiger partial charge in [0, 0.05) is 24.8 Å². The highest BCUT2D eigenvalue weighted by Crippen LogP contribution is 2.30. The Hall–Kier alpha value is -2.26. The molecule has 1 aliphatic heterocycles. The van der Waals surface area contributed by atoms with Gasteiger partial charge in [-0.05, 0) is 51.8 Å². The lowest BCUT2D eigenvalue weighted by Gasteiger charge is -2.34. The van der Waals surface area contributed by atoms with Crippen molar-refractivity contribution in [3.8, 4) is 6.07 Å². The van der Waals surface area contributed by atoms with E-state index in [4.69, 9.17) is 16.9 Å². The number of halogens is 1. The third-order valence-electron chi connectivity index (χ3n) is 4.31. The normalized spacial score (nSPS) is 16.2. The van der Waals surface area contributed by atoms with Crippen molar-refractivity contribution in [2.75, 3.05) is 18.4 Å². The standard InChI is InChI=1S/C18H23ClN4O2/c1-12(2)21-16(24)14-10-13(4-5-15(14)19)22-17(25)23-8-6-18(3,11-20)7-9-23/h4-5,10,12H,6-9H2,1-3H3,(H,21,24)(H,22,25). The lowest BCUT2D eigenvalue weighted by Crippen LogP contribution is -2.43. The number of rotatable bonds is 3. The van der Waals surface area contributed by atoms with E-state index in [2.05, 4.69) is 16.7 Å². The van der Waals surface area contributed by atoms with Crippen molar-refractivity contribution in [3.63, 3.8) is 0 Å². The number of carbonyl (C=O) groups excluding carboxylic acids is 2. The fraction of sp³-hybridized carbons (Fsp3) is 0.500. The highest BCUT2D eigenvalue weighted by molar-refractivity contribution is 6.34. The number of hydrogen-bond donors (Lipinski definition) is 2. The van der Waals surface area contributed by atoms with E-state index in [0.717, 1.165) is 0 Å². The summed E-state index contributed by atoms with van der Waals surface area (Å²) in [6.07, 6.45) is 1.30. The van der Waals surface area contributed by atoms with Crippen molar-refractivity contribution in [2.24, 2.45) is 5.41 Å². The summed E-state index contributed by atoms with van der Waals surface area (Å²) >= 11 is 6.09. The Morgan fingerprint density at radius 2 is 1.96 bits per heavy atom. The molecule has 1 heterocycles. The summed E-state index contributed by atoms with van der Waals surface area (Å²) in [6.45, 7) is 6.71. The molecular weight excluding hydrogens is 340 g/mol. The highest BCUT2D eigenvalue weighted by atomic mass is 35.5. The van der Waals surface area contributed by atoms with Crippen LogP contribution in [0.25, 0.3) is 0 Å². The van der Waals surface area contributed by atoms with Crippen LogP contribution in [0.15, 0.2) is 18.2 Å². The summed E-state index contributed by atoms with van der Waals surface area (Å²) in [5.41, 5.74) is 0.472. The number of nitriles is 1. The van der Waals surface area contributed by atoms with Gasteiger partial charge in [0.2, 0.25) is 0 Å². The van der Waals surface area contributed by atoms with E-state index in [1.54, 1.807) is 23.1 Å². The van der Waals surface area contributed by atoms with Crippen LogP contribution in [0.4, 0.5) is 10.5 Å². The van der Waals surface area contributed by atoms with Gasteiger partial charge in [-0.25, -0.2) is 4.79 Å². The number of nitrogens with zero attached hydrogens (tertiary/aromatic N) is 2. The lowest BCUT2D eigenvalue weighted by atomic mass is 9.82. The van der Waals surface area contributed by atoms with Gasteiger partial charge in [0.15, 0.2) is 0 Å². The van der Waals surface area contributed by atoms with Crippen molar-refractivity contribution >= 4 is 29.2 Å². The molecule has 3 amide bonds. The van der Waals surface area contributed by atoms with E-state index in [1.165, 1.54) is 0 Å². The largest absolute Gasteiger partial charge is 0.350 e. The third kappa shape index (κ3) is 4.86. The summed E-state index contributed by atoms with van der Waals surface area (Å²) in [7, 11) is 0. The van der Waals surface area contributed by atoms with Crippen LogP contribution in [0.5, 0.6) is 0 Å². The quantitative estimate of drug-likeness (QED) is 0.860. The van der Waals surface area contributed by atoms with Crippen molar-refractivity contribution in [1.29, 1.82) is 5.26 Å². The number of urea groups is 1. The Morgan fingerprint density at radius 3 is 2.52 bits per heavy atom. The minimum absolute atomic E-state index is 0.00962. The van der Waals surface area contributed by atoms with Gasteiger partial charge >= 0.3 is 6.03 Å². The number of amides is 3. The molecule has 0 aromatic heterocycles. The maximum Gasteiger partial charge on any atom is 0.321 e. The SMILES string of the molecule is CC(C)NC(=O)c1cc(NC(=O)N2CCC(C)(C#N)CC2)ccc1Cl. The van der Waals surface area contributed by atoms with E-state index < -0.39 is 0 Å². The van der Waals surface area contributed by atoms with E-state index in [9.17, 15) is 9.59 Å². The molecule has 0 aliphatic carbocycles. The van der Waals surface area contributed by atoms with Gasteiger partial charge in [-0.2, -0.15) is 5.26 Å². The van der Waals surface area contributed by atoms with Gasteiger partial charge in [0.05, 0.1) is 22.1 Å². The maximum atomic E-state index is 12.4. The molecule has 1 aliphatic rings. The Labute approximate surface area is 153 Å². The smallest absolute Gasteiger partial charge is 0.321 e. The summed E-state index contributed by atoms with van der Waals surface area (Å²) in [4.78, 5) is 26.3. The molecule has 0 unspecified atom stereocenters. The molecule has 1 aromatic carbocycles. The third-order valence-corrected chi connectivity index (χ3v) is 4.64. The van der Waals surface area contributed by atoms with Crippen molar-refractivity contribution in [3.05, 3.63) is 28.8 Å². The number of carbonyl (C=O) groups is 2. The van der Waals surface area contributed by atoms with E-state index in [0.29, 0.717) is 42.2 Å². The zero-order chi connectivity index (χ0) is 18.6. The van der Waals surface area contributed by atoms with E-state index in [1.807, 2.05) is 20.8 Å². The molecule has 134 valence electrons. The number of nitrogens with one attached hydrogen (secondary N) is 2. The first-order valence-electron chi connectivity index (χ1n) is 8.32. The molecule has 2 N–H and O–H groups in total. The predicted molar refractivity (Wildman–Crippen MR) is 97.6 cm³/mol. The van der Waals surface area contributed by atoms with Gasteiger partial charge in [-0.1, -0.05) is 11.6 Å². The van der Waals surface area contributed by atoms with Crippen molar-refractivity contribution in [1.82, 2.24) is 10.2 Å². The molecule has 1 saturated heterocycles. The van der Waals surface area contributed by atoms with Gasteiger partial charge in [0.1, 0.15) is 0 Å². The first-order chi connectivity index (χ1) is 11.7. The van der Waals surface area contributed by atoms with Crippen LogP contribution in [0.2, 0.25) is 5.02 Å². The van der Waals surface area contributed by atoms with E-state index >= 15 is 0 Å². The molecule has 0 atom stereocenters. The Bertz CT molecular complexity index is 704. The fourth-order valence-electron chi connectivity index (χ4n) is 2.63. The Balaban J connectivity index is 2.04. The number of benzene rings is 1. The van der Waals surface area contributed by atoms with Crippen LogP contribution in [-0.2, 0) is 0 Å². The molecular formula is C18H23ClN4O2. The van der Waals surface area contributed by atoms with Gasteiger partial charge in [-0.15, -0.1) is 0 Å². The maximum absolute atomic E-state index is 12.4. The molecule has 0 radical (unpaired) electrons. The average Bonchev–Trinajstić information content (AvgIpc) is 2.56. The monoisotopic (exact) mass is 362 g/mol. The minimum Gasteiger partial charge on any atom is -0.350 e. The fourth-order valence-corrected chi connectivity index (χ4v) is 2.84. The van der Waals surface area contributed by atoms with Gasteiger partial charge in [0.25, 0.3) is 5.91 Å². The van der Waals surface area contributed by atoms with Crippen LogP contribution in [0.3, 0.4) is 0 Å². The van der Waals surface area contributed by atoms with Gasteiger partial charge < -0.3 is 15.5 Å². The molecule has 1 aromatic rings. The summed E-state index contributed by atoms with van der Waals surface area (Å²) in [5, 5.41) is 15.1. The molecule has 0 bridgehead atoms. The molecule has 1 fully saturated rings. The zero-order valence-corrected chi connectivity index (χ0v) is 15.5. The van der Waals surface area contributed by atoms with Crippen LogP contribution >= 0.6 is 11.6 Å². The van der Waals surface area contributed by atoms with Crippen LogP contribution in [0.1, 0.15) is 44.0 Å². The van der Waals surface area contributed by atoms with Crippen LogP contribution in [-0.4, -0.2) is 36.0 Å². The number of hydrogen-bond acceptors (Lipinski definition) is 3. The van der Waals surface area contributed by atoms with Crippen molar-refractivity contribution in [2.45, 2.75) is 39.7 Å². The van der Waals surface area contributed by atoms with Gasteiger partial charge in [-0.3, -0.25) is 4.79 Å². The zero-order valence-electron chi connectivity index (χ0n) is 14.7. The second-order valence-electron chi connectivity index (χ2n) is 6.91. The predicted octanol–water partition coefficient (Wildman–Crippen LogP) is 3.64. The lowest BCUT2D eigenvalue weighted by molar-refractivity contribution is 0.0943. The first-order valence-corrected chi connectivity index (χ1v) is 8.69. The summed E-state index contributed by atoms with van der Waals surface area (Å²) in [6, 6.07) is 6.89. The van der Waals surface area contributed by atoms with Crippen molar-refractivity contribution < 1.29 is 9.59 Å². The summed E-state index contributed by atoms with van der Waals surface area (Å²) < 4.78 is 0. The molecule has 0 saturated carbocycles. The molecule has 25 heavy (non-hydrogen) atoms. The van der Waals surface area contributed by atoms with E-state index in [-0.39, 0.29) is 23.4 Å². The Morgan fingerprint density at radius 1 is 1.32 bits per heavy atom. The second-order valence-corrected chi connectivity index (χ2v) is 7.32. The molecule has 2 rings (SSSR count).